The number of halogens is 4. The van der Waals surface area contributed by atoms with Gasteiger partial charge in [0.1, 0.15) is 11.6 Å². The highest BCUT2D eigenvalue weighted by Gasteiger charge is 2.13. The average Bonchev–Trinajstić information content (AvgIpc) is 2.58. The lowest BCUT2D eigenvalue weighted by Gasteiger charge is -2.22. The normalized spacial score (nSPS) is 10.6. The molecule has 2 aromatic rings. The number of rotatable bonds is 6. The van der Waals surface area contributed by atoms with Crippen LogP contribution in [0.3, 0.4) is 0 Å². The SMILES string of the molecule is COc1cc(CN(C)C(=S)Nc2ccc(F)cc2F)ccc1OC(F)F. The molecular weight excluding hydrogens is 372 g/mol. The van der Waals surface area contributed by atoms with Crippen LogP contribution in [0, 0.1) is 11.6 Å². The minimum atomic E-state index is -2.96. The lowest BCUT2D eigenvalue weighted by atomic mass is 10.2. The summed E-state index contributed by atoms with van der Waals surface area (Å²) in [4.78, 5) is 1.60. The van der Waals surface area contributed by atoms with Gasteiger partial charge in [0.15, 0.2) is 16.6 Å². The van der Waals surface area contributed by atoms with E-state index in [1.165, 1.54) is 25.3 Å². The average molecular weight is 388 g/mol. The molecule has 0 atom stereocenters. The molecule has 4 nitrogen and oxygen atoms in total. The molecule has 0 unspecified atom stereocenters. The Kier molecular flexibility index (Phi) is 6.62. The van der Waals surface area contributed by atoms with Gasteiger partial charge in [-0.25, -0.2) is 8.78 Å². The molecule has 0 aromatic heterocycles. The summed E-state index contributed by atoms with van der Waals surface area (Å²) in [6, 6.07) is 7.58. The van der Waals surface area contributed by atoms with Crippen LogP contribution in [-0.2, 0) is 6.54 Å². The Hall–Kier alpha value is -2.55. The van der Waals surface area contributed by atoms with Crippen LogP contribution in [0.1, 0.15) is 5.56 Å². The summed E-state index contributed by atoms with van der Waals surface area (Å²) in [7, 11) is 3.00. The predicted molar refractivity (Wildman–Crippen MR) is 93.7 cm³/mol. The molecule has 0 radical (unpaired) electrons. The number of thiocarbonyl (C=S) groups is 1. The van der Waals surface area contributed by atoms with E-state index in [0.717, 1.165) is 12.1 Å². The van der Waals surface area contributed by atoms with Crippen molar-refractivity contribution in [1.29, 1.82) is 0 Å². The molecule has 26 heavy (non-hydrogen) atoms. The van der Waals surface area contributed by atoms with Crippen molar-refractivity contribution in [2.45, 2.75) is 13.2 Å². The van der Waals surface area contributed by atoms with Crippen molar-refractivity contribution in [2.24, 2.45) is 0 Å². The van der Waals surface area contributed by atoms with Gasteiger partial charge in [-0.1, -0.05) is 6.07 Å². The molecule has 0 saturated carbocycles. The highest BCUT2D eigenvalue weighted by Crippen LogP contribution is 2.29. The lowest BCUT2D eigenvalue weighted by molar-refractivity contribution is -0.0512. The number of benzene rings is 2. The fourth-order valence-corrected chi connectivity index (χ4v) is 2.33. The number of nitrogens with one attached hydrogen (secondary N) is 1. The molecular formula is C17H16F4N2O2S. The van der Waals surface area contributed by atoms with Crippen LogP contribution >= 0.6 is 12.2 Å². The maximum Gasteiger partial charge on any atom is 0.387 e. The smallest absolute Gasteiger partial charge is 0.387 e. The van der Waals surface area contributed by atoms with Gasteiger partial charge in [0.2, 0.25) is 0 Å². The van der Waals surface area contributed by atoms with E-state index in [1.54, 1.807) is 18.0 Å². The van der Waals surface area contributed by atoms with E-state index in [4.69, 9.17) is 17.0 Å². The fraction of sp³-hybridized carbons (Fsp3) is 0.235. The molecule has 0 aliphatic rings. The molecule has 0 heterocycles. The maximum atomic E-state index is 13.7. The van der Waals surface area contributed by atoms with Gasteiger partial charge in [0.05, 0.1) is 12.8 Å². The Morgan fingerprint density at radius 1 is 1.15 bits per heavy atom. The van der Waals surface area contributed by atoms with E-state index >= 15 is 0 Å². The Balaban J connectivity index is 2.06. The minimum Gasteiger partial charge on any atom is -0.493 e. The van der Waals surface area contributed by atoms with Crippen LogP contribution in [0.2, 0.25) is 0 Å². The summed E-state index contributed by atoms with van der Waals surface area (Å²) in [5.74, 6) is -1.39. The Bertz CT molecular complexity index is 789. The maximum absolute atomic E-state index is 13.7. The van der Waals surface area contributed by atoms with E-state index < -0.39 is 18.2 Å². The third kappa shape index (κ3) is 5.22. The van der Waals surface area contributed by atoms with Gasteiger partial charge in [-0.2, -0.15) is 8.78 Å². The molecule has 0 amide bonds. The topological polar surface area (TPSA) is 33.7 Å². The molecule has 0 fully saturated rings. The number of hydrogen-bond acceptors (Lipinski definition) is 3. The number of methoxy groups -OCH3 is 1. The van der Waals surface area contributed by atoms with Gasteiger partial charge >= 0.3 is 6.61 Å². The van der Waals surface area contributed by atoms with Crippen molar-refractivity contribution in [1.82, 2.24) is 4.90 Å². The number of nitrogens with zero attached hydrogens (tertiary/aromatic N) is 1. The second-order valence-corrected chi connectivity index (χ2v) is 5.66. The van der Waals surface area contributed by atoms with E-state index in [2.05, 4.69) is 10.1 Å². The van der Waals surface area contributed by atoms with Crippen LogP contribution in [0.4, 0.5) is 23.2 Å². The Morgan fingerprint density at radius 2 is 1.88 bits per heavy atom. The standard InChI is InChI=1S/C17H16F4N2O2S/c1-23(17(26)22-13-5-4-11(18)8-12(13)19)9-10-3-6-14(25-16(20)21)15(7-10)24-2/h3-8,16H,9H2,1-2H3,(H,22,26). The molecule has 0 aliphatic carbocycles. The quantitative estimate of drug-likeness (QED) is 0.586. The molecule has 1 N–H and O–H groups in total. The highest BCUT2D eigenvalue weighted by atomic mass is 32.1. The van der Waals surface area contributed by atoms with E-state index in [0.29, 0.717) is 12.1 Å². The first-order chi connectivity index (χ1) is 12.3. The number of ether oxygens (including phenoxy) is 2. The molecule has 0 spiro atoms. The zero-order valence-electron chi connectivity index (χ0n) is 13.9. The van der Waals surface area contributed by atoms with Crippen molar-refractivity contribution in [3.8, 4) is 11.5 Å². The van der Waals surface area contributed by atoms with Crippen LogP contribution in [0.15, 0.2) is 36.4 Å². The first kappa shape index (κ1) is 19.8. The first-order valence-electron chi connectivity index (χ1n) is 7.39. The summed E-state index contributed by atoms with van der Waals surface area (Å²) in [5, 5.41) is 2.88. The molecule has 2 rings (SSSR count). The fourth-order valence-electron chi connectivity index (χ4n) is 2.15. The highest BCUT2D eigenvalue weighted by molar-refractivity contribution is 7.80. The number of alkyl halides is 2. The molecule has 0 bridgehead atoms. The van der Waals surface area contributed by atoms with Crippen LogP contribution in [-0.4, -0.2) is 30.8 Å². The third-order valence-corrected chi connectivity index (χ3v) is 3.80. The molecule has 0 saturated heterocycles. The van der Waals surface area contributed by atoms with Crippen molar-refractivity contribution in [3.05, 3.63) is 53.6 Å². The zero-order valence-corrected chi connectivity index (χ0v) is 14.7. The lowest BCUT2D eigenvalue weighted by Crippen LogP contribution is -2.30. The van der Waals surface area contributed by atoms with Gasteiger partial charge < -0.3 is 19.7 Å². The third-order valence-electron chi connectivity index (χ3n) is 3.38. The largest absolute Gasteiger partial charge is 0.493 e. The van der Waals surface area contributed by atoms with Crippen LogP contribution < -0.4 is 14.8 Å². The van der Waals surface area contributed by atoms with Gasteiger partial charge in [-0.15, -0.1) is 0 Å². The van der Waals surface area contributed by atoms with Crippen molar-refractivity contribution in [2.75, 3.05) is 19.5 Å². The monoisotopic (exact) mass is 388 g/mol. The van der Waals surface area contributed by atoms with Gasteiger partial charge in [-0.3, -0.25) is 0 Å². The minimum absolute atomic E-state index is 0.0431. The van der Waals surface area contributed by atoms with Gasteiger partial charge in [-0.05, 0) is 42.0 Å². The molecule has 140 valence electrons. The van der Waals surface area contributed by atoms with Gasteiger partial charge in [0.25, 0.3) is 0 Å². The van der Waals surface area contributed by atoms with E-state index in [-0.39, 0.29) is 22.3 Å². The van der Waals surface area contributed by atoms with Gasteiger partial charge in [0, 0.05) is 19.7 Å². The summed E-state index contributed by atoms with van der Waals surface area (Å²) in [6.45, 7) is -2.67. The summed E-state index contributed by atoms with van der Waals surface area (Å²) < 4.78 is 60.7. The Morgan fingerprint density at radius 3 is 2.50 bits per heavy atom. The predicted octanol–water partition coefficient (Wildman–Crippen LogP) is 4.40. The number of anilines is 1. The van der Waals surface area contributed by atoms with Crippen molar-refractivity contribution >= 4 is 23.0 Å². The van der Waals surface area contributed by atoms with Crippen LogP contribution in [0.5, 0.6) is 11.5 Å². The van der Waals surface area contributed by atoms with Crippen molar-refractivity contribution in [3.63, 3.8) is 0 Å². The second-order valence-electron chi connectivity index (χ2n) is 5.27. The summed E-state index contributed by atoms with van der Waals surface area (Å²) in [6.07, 6.45) is 0. The number of hydrogen-bond donors (Lipinski definition) is 1. The summed E-state index contributed by atoms with van der Waals surface area (Å²) >= 11 is 5.19. The summed E-state index contributed by atoms with van der Waals surface area (Å²) in [5.41, 5.74) is 0.746. The van der Waals surface area contributed by atoms with E-state index in [9.17, 15) is 17.6 Å². The first-order valence-corrected chi connectivity index (χ1v) is 7.80. The molecule has 2 aromatic carbocycles. The second kappa shape index (κ2) is 8.70. The molecule has 9 heteroatoms. The molecule has 0 aliphatic heterocycles. The Labute approximate surface area is 153 Å². The zero-order chi connectivity index (χ0) is 19.3. The van der Waals surface area contributed by atoms with Crippen LogP contribution in [0.25, 0.3) is 0 Å². The van der Waals surface area contributed by atoms with E-state index in [1.807, 2.05) is 0 Å². The van der Waals surface area contributed by atoms with Crippen molar-refractivity contribution < 1.29 is 27.0 Å².